The Labute approximate surface area is 63.4 Å². The van der Waals surface area contributed by atoms with Gasteiger partial charge in [0.25, 0.3) is 0 Å². The van der Waals surface area contributed by atoms with Crippen LogP contribution in [0.25, 0.3) is 0 Å². The quantitative estimate of drug-likeness (QED) is 0.549. The molecule has 0 saturated heterocycles. The topological polar surface area (TPSA) is 23.8 Å². The molecule has 0 aliphatic heterocycles. The smallest absolute Gasteiger partial charge is 0.0622 e. The van der Waals surface area contributed by atoms with E-state index in [1.807, 2.05) is 6.92 Å². The van der Waals surface area contributed by atoms with Crippen LogP contribution in [0, 0.1) is 16.7 Å². The summed E-state index contributed by atoms with van der Waals surface area (Å²) in [7, 11) is 0. The van der Waals surface area contributed by atoms with Gasteiger partial charge in [-0.15, -0.1) is 0 Å². The Kier molecular flexibility index (Phi) is 3.15. The zero-order valence-corrected chi connectivity index (χ0v) is 7.07. The molecule has 0 rings (SSSR count). The van der Waals surface area contributed by atoms with Crippen LogP contribution in [-0.4, -0.2) is 0 Å². The monoisotopic (exact) mass is 137 g/mol. The van der Waals surface area contributed by atoms with Crippen molar-refractivity contribution in [1.82, 2.24) is 0 Å². The van der Waals surface area contributed by atoms with Crippen molar-refractivity contribution < 1.29 is 0 Å². The van der Waals surface area contributed by atoms with E-state index < -0.39 is 0 Å². The minimum absolute atomic E-state index is 0.135. The van der Waals surface area contributed by atoms with Gasteiger partial charge in [0.1, 0.15) is 0 Å². The van der Waals surface area contributed by atoms with Gasteiger partial charge in [-0.2, -0.15) is 5.26 Å². The van der Waals surface area contributed by atoms with E-state index in [1.165, 1.54) is 0 Å². The molecule has 0 saturated carbocycles. The molecule has 0 fully saturated rings. The Morgan fingerprint density at radius 3 is 2.40 bits per heavy atom. The first-order valence-corrected chi connectivity index (χ1v) is 3.53. The maximum absolute atomic E-state index is 8.33. The largest absolute Gasteiger partial charge is 0.198 e. The second-order valence-electron chi connectivity index (χ2n) is 3.32. The van der Waals surface area contributed by atoms with E-state index in [9.17, 15) is 0 Å². The molecule has 10 heavy (non-hydrogen) atoms. The highest BCUT2D eigenvalue weighted by Gasteiger charge is 2.17. The maximum Gasteiger partial charge on any atom is 0.0622 e. The van der Waals surface area contributed by atoms with Crippen LogP contribution >= 0.6 is 0 Å². The van der Waals surface area contributed by atoms with Crippen LogP contribution < -0.4 is 0 Å². The van der Waals surface area contributed by atoms with Gasteiger partial charge < -0.3 is 0 Å². The van der Waals surface area contributed by atoms with Crippen LogP contribution in [0.1, 0.15) is 33.6 Å². The average Bonchev–Trinajstić information content (AvgIpc) is 1.84. The normalized spacial score (nSPS) is 10.6. The lowest BCUT2D eigenvalue weighted by molar-refractivity contribution is 0.415. The molecule has 0 unspecified atom stereocenters. The minimum Gasteiger partial charge on any atom is -0.198 e. The van der Waals surface area contributed by atoms with Gasteiger partial charge in [-0.3, -0.25) is 0 Å². The second-order valence-corrected chi connectivity index (χ2v) is 3.32. The average molecular weight is 137 g/mol. The van der Waals surface area contributed by atoms with E-state index in [-0.39, 0.29) is 5.41 Å². The minimum atomic E-state index is 0.135. The fourth-order valence-corrected chi connectivity index (χ4v) is 0.582. The van der Waals surface area contributed by atoms with E-state index in [0.717, 1.165) is 12.0 Å². The molecule has 0 atom stereocenters. The number of allylic oxidation sites excluding steroid dienone is 1. The molecular weight excluding hydrogens is 122 g/mol. The van der Waals surface area contributed by atoms with E-state index in [0.29, 0.717) is 6.42 Å². The lowest BCUT2D eigenvalue weighted by atomic mass is 9.82. The molecule has 0 radical (unpaired) electrons. The lowest BCUT2D eigenvalue weighted by Gasteiger charge is -2.23. The molecule has 1 heteroatoms. The molecule has 0 aliphatic carbocycles. The van der Waals surface area contributed by atoms with E-state index >= 15 is 0 Å². The van der Waals surface area contributed by atoms with Gasteiger partial charge in [-0.1, -0.05) is 26.0 Å². The maximum atomic E-state index is 8.33. The number of rotatable bonds is 3. The zero-order valence-electron chi connectivity index (χ0n) is 7.07. The van der Waals surface area contributed by atoms with Gasteiger partial charge in [0, 0.05) is 6.42 Å². The van der Waals surface area contributed by atoms with Crippen LogP contribution in [0.5, 0.6) is 0 Å². The summed E-state index contributed by atoms with van der Waals surface area (Å²) in [6.07, 6.45) is 1.54. The standard InChI is InChI=1S/C9H15N/c1-8(2)9(3,4)6-5-7-10/h1,5-6H2,2-4H3. The summed E-state index contributed by atoms with van der Waals surface area (Å²) in [5, 5.41) is 8.33. The fourth-order valence-electron chi connectivity index (χ4n) is 0.582. The fraction of sp³-hybridized carbons (Fsp3) is 0.667. The van der Waals surface area contributed by atoms with Crippen molar-refractivity contribution in [3.8, 4) is 6.07 Å². The molecule has 56 valence electrons. The van der Waals surface area contributed by atoms with Gasteiger partial charge in [0.15, 0.2) is 0 Å². The lowest BCUT2D eigenvalue weighted by Crippen LogP contribution is -2.11. The Balaban J connectivity index is 3.90. The third-order valence-electron chi connectivity index (χ3n) is 2.02. The van der Waals surface area contributed by atoms with Gasteiger partial charge in [-0.25, -0.2) is 0 Å². The molecule has 1 nitrogen and oxygen atoms in total. The third kappa shape index (κ3) is 2.68. The van der Waals surface area contributed by atoms with Crippen molar-refractivity contribution in [3.05, 3.63) is 12.2 Å². The van der Waals surface area contributed by atoms with Gasteiger partial charge in [0.2, 0.25) is 0 Å². The van der Waals surface area contributed by atoms with Crippen molar-refractivity contribution in [3.63, 3.8) is 0 Å². The van der Waals surface area contributed by atoms with Crippen LogP contribution in [0.3, 0.4) is 0 Å². The van der Waals surface area contributed by atoms with E-state index in [4.69, 9.17) is 5.26 Å². The Morgan fingerprint density at radius 1 is 1.60 bits per heavy atom. The summed E-state index contributed by atoms with van der Waals surface area (Å²) in [5.41, 5.74) is 1.29. The summed E-state index contributed by atoms with van der Waals surface area (Å²) in [4.78, 5) is 0. The molecular formula is C9H15N. The molecule has 0 aromatic rings. The van der Waals surface area contributed by atoms with Crippen molar-refractivity contribution in [2.75, 3.05) is 0 Å². The molecule has 0 N–H and O–H groups in total. The van der Waals surface area contributed by atoms with Crippen molar-refractivity contribution in [2.24, 2.45) is 5.41 Å². The molecule has 0 bridgehead atoms. The predicted molar refractivity (Wildman–Crippen MR) is 43.4 cm³/mol. The summed E-state index contributed by atoms with van der Waals surface area (Å²) < 4.78 is 0. The highest BCUT2D eigenvalue weighted by molar-refractivity contribution is 5.03. The Morgan fingerprint density at radius 2 is 2.10 bits per heavy atom. The Hall–Kier alpha value is -0.770. The van der Waals surface area contributed by atoms with Crippen molar-refractivity contribution in [2.45, 2.75) is 33.6 Å². The van der Waals surface area contributed by atoms with Crippen LogP contribution in [-0.2, 0) is 0 Å². The number of hydrogen-bond donors (Lipinski definition) is 0. The van der Waals surface area contributed by atoms with Gasteiger partial charge in [-0.05, 0) is 18.8 Å². The SMILES string of the molecule is C=C(C)C(C)(C)CCC#N. The number of nitriles is 1. The predicted octanol–water partition coefficient (Wildman–Crippen LogP) is 2.89. The zero-order chi connectivity index (χ0) is 8.20. The first-order chi connectivity index (χ1) is 4.50. The van der Waals surface area contributed by atoms with Gasteiger partial charge in [0.05, 0.1) is 6.07 Å². The third-order valence-corrected chi connectivity index (χ3v) is 2.02. The highest BCUT2D eigenvalue weighted by atomic mass is 14.3. The summed E-state index contributed by atoms with van der Waals surface area (Å²) in [6.45, 7) is 10.1. The molecule has 0 aromatic heterocycles. The van der Waals surface area contributed by atoms with Crippen LogP contribution in [0.15, 0.2) is 12.2 Å². The molecule has 0 heterocycles. The van der Waals surface area contributed by atoms with Crippen molar-refractivity contribution >= 4 is 0 Å². The van der Waals surface area contributed by atoms with E-state index in [2.05, 4.69) is 26.5 Å². The molecule has 0 spiro atoms. The van der Waals surface area contributed by atoms with Crippen molar-refractivity contribution in [1.29, 1.82) is 5.26 Å². The molecule has 0 aliphatic rings. The summed E-state index contributed by atoms with van der Waals surface area (Å²) in [6, 6.07) is 2.14. The van der Waals surface area contributed by atoms with E-state index in [1.54, 1.807) is 0 Å². The van der Waals surface area contributed by atoms with Gasteiger partial charge >= 0.3 is 0 Å². The first kappa shape index (κ1) is 9.23. The second kappa shape index (κ2) is 3.41. The molecule has 0 amide bonds. The number of hydrogen-bond acceptors (Lipinski definition) is 1. The highest BCUT2D eigenvalue weighted by Crippen LogP contribution is 2.29. The van der Waals surface area contributed by atoms with Crippen LogP contribution in [0.2, 0.25) is 0 Å². The first-order valence-electron chi connectivity index (χ1n) is 3.53. The summed E-state index contributed by atoms with van der Waals surface area (Å²) >= 11 is 0. The number of nitrogens with zero attached hydrogens (tertiary/aromatic N) is 1. The molecule has 0 aromatic carbocycles. The summed E-state index contributed by atoms with van der Waals surface area (Å²) in [5.74, 6) is 0. The Bertz CT molecular complexity index is 160. The van der Waals surface area contributed by atoms with Crippen LogP contribution in [0.4, 0.5) is 0 Å².